The van der Waals surface area contributed by atoms with Gasteiger partial charge in [0.25, 0.3) is 0 Å². The molecule has 0 aliphatic heterocycles. The van der Waals surface area contributed by atoms with Crippen molar-refractivity contribution in [1.29, 1.82) is 0 Å². The summed E-state index contributed by atoms with van der Waals surface area (Å²) in [5.41, 5.74) is 6.17. The lowest BCUT2D eigenvalue weighted by atomic mass is 9.79. The van der Waals surface area contributed by atoms with Crippen LogP contribution < -0.4 is 0 Å². The number of hydrogen-bond donors (Lipinski definition) is 0. The second-order valence-corrected chi connectivity index (χ2v) is 5.07. The van der Waals surface area contributed by atoms with Crippen LogP contribution in [0.3, 0.4) is 0 Å². The highest BCUT2D eigenvalue weighted by Gasteiger charge is 2.19. The molecule has 0 radical (unpaired) electrons. The van der Waals surface area contributed by atoms with Crippen LogP contribution in [-0.2, 0) is 0 Å². The molecule has 0 saturated heterocycles. The van der Waals surface area contributed by atoms with E-state index < -0.39 is 0 Å². The summed E-state index contributed by atoms with van der Waals surface area (Å²) in [6.45, 7) is 6.81. The molecule has 0 atom stereocenters. The fourth-order valence-corrected chi connectivity index (χ4v) is 2.99. The zero-order chi connectivity index (χ0) is 10.8. The van der Waals surface area contributed by atoms with Crippen molar-refractivity contribution in [2.45, 2.75) is 58.8 Å². The summed E-state index contributed by atoms with van der Waals surface area (Å²) in [5.74, 6) is 0.846. The summed E-state index contributed by atoms with van der Waals surface area (Å²) in [7, 11) is 0. The number of aryl methyl sites for hydroxylation is 2. The second-order valence-electron chi connectivity index (χ2n) is 5.07. The summed E-state index contributed by atoms with van der Waals surface area (Å²) in [5, 5.41) is 0. The van der Waals surface area contributed by atoms with Crippen molar-refractivity contribution in [3.05, 3.63) is 34.4 Å². The number of rotatable bonds is 1. The average Bonchev–Trinajstić information content (AvgIpc) is 2.26. The van der Waals surface area contributed by atoms with E-state index in [1.165, 1.54) is 43.2 Å². The Balaban J connectivity index is 2.36. The van der Waals surface area contributed by atoms with Crippen LogP contribution in [0.5, 0.6) is 0 Å². The van der Waals surface area contributed by atoms with Crippen LogP contribution >= 0.6 is 0 Å². The Morgan fingerprint density at radius 3 is 2.13 bits per heavy atom. The van der Waals surface area contributed by atoms with Gasteiger partial charge in [-0.1, -0.05) is 31.4 Å². The molecule has 0 bridgehead atoms. The van der Waals surface area contributed by atoms with Crippen molar-refractivity contribution in [2.75, 3.05) is 0 Å². The third-order valence-electron chi connectivity index (χ3n) is 4.02. The molecule has 0 heterocycles. The van der Waals surface area contributed by atoms with E-state index in [1.54, 1.807) is 11.1 Å². The monoisotopic (exact) mass is 202 g/mol. The van der Waals surface area contributed by atoms with E-state index in [-0.39, 0.29) is 0 Å². The Hall–Kier alpha value is -0.780. The molecular formula is C15H22. The van der Waals surface area contributed by atoms with Crippen LogP contribution in [-0.4, -0.2) is 0 Å². The fourth-order valence-electron chi connectivity index (χ4n) is 2.99. The van der Waals surface area contributed by atoms with E-state index in [9.17, 15) is 0 Å². The first-order valence-electron chi connectivity index (χ1n) is 6.27. The second kappa shape index (κ2) is 4.38. The molecule has 1 aromatic carbocycles. The number of benzene rings is 1. The molecule has 0 aromatic heterocycles. The van der Waals surface area contributed by atoms with E-state index in [4.69, 9.17) is 0 Å². The lowest BCUT2D eigenvalue weighted by Gasteiger charge is -2.26. The Labute approximate surface area is 93.7 Å². The maximum atomic E-state index is 2.30. The summed E-state index contributed by atoms with van der Waals surface area (Å²) >= 11 is 0. The Morgan fingerprint density at radius 1 is 0.867 bits per heavy atom. The van der Waals surface area contributed by atoms with Crippen molar-refractivity contribution < 1.29 is 0 Å². The highest BCUT2D eigenvalue weighted by Crippen LogP contribution is 2.36. The van der Waals surface area contributed by atoms with Gasteiger partial charge in [-0.05, 0) is 61.8 Å². The first kappa shape index (κ1) is 10.7. The summed E-state index contributed by atoms with van der Waals surface area (Å²) < 4.78 is 0. The largest absolute Gasteiger partial charge is 0.0588 e. The molecular weight excluding hydrogens is 180 g/mol. The molecule has 1 saturated carbocycles. The highest BCUT2D eigenvalue weighted by atomic mass is 14.2. The third kappa shape index (κ3) is 2.09. The van der Waals surface area contributed by atoms with Gasteiger partial charge in [-0.25, -0.2) is 0 Å². The van der Waals surface area contributed by atoms with E-state index in [2.05, 4.69) is 32.9 Å². The van der Waals surface area contributed by atoms with Gasteiger partial charge in [0.2, 0.25) is 0 Å². The van der Waals surface area contributed by atoms with E-state index >= 15 is 0 Å². The summed E-state index contributed by atoms with van der Waals surface area (Å²) in [6.07, 6.45) is 7.12. The van der Waals surface area contributed by atoms with Crippen LogP contribution in [0.25, 0.3) is 0 Å². The van der Waals surface area contributed by atoms with Crippen molar-refractivity contribution in [1.82, 2.24) is 0 Å². The topological polar surface area (TPSA) is 0 Å². The molecule has 1 aliphatic carbocycles. The van der Waals surface area contributed by atoms with Crippen molar-refractivity contribution in [3.63, 3.8) is 0 Å². The first-order chi connectivity index (χ1) is 7.20. The van der Waals surface area contributed by atoms with Crippen LogP contribution in [0.1, 0.15) is 60.3 Å². The van der Waals surface area contributed by atoms with E-state index in [0.29, 0.717) is 0 Å². The minimum absolute atomic E-state index is 0.846. The molecule has 0 amide bonds. The van der Waals surface area contributed by atoms with E-state index in [0.717, 1.165) is 5.92 Å². The molecule has 0 heteroatoms. The fraction of sp³-hybridized carbons (Fsp3) is 0.600. The lowest BCUT2D eigenvalue weighted by Crippen LogP contribution is -2.08. The SMILES string of the molecule is Cc1ccc(C)c(C2CCCCC2)c1C. The molecule has 1 aliphatic rings. The first-order valence-corrected chi connectivity index (χ1v) is 6.27. The molecule has 0 spiro atoms. The Bertz CT molecular complexity index is 343. The third-order valence-corrected chi connectivity index (χ3v) is 4.02. The Kier molecular flexibility index (Phi) is 3.14. The van der Waals surface area contributed by atoms with Gasteiger partial charge in [-0.2, -0.15) is 0 Å². The van der Waals surface area contributed by atoms with Crippen LogP contribution in [0, 0.1) is 20.8 Å². The maximum Gasteiger partial charge on any atom is -0.0157 e. The molecule has 1 fully saturated rings. The molecule has 2 rings (SSSR count). The van der Waals surface area contributed by atoms with Gasteiger partial charge in [0.05, 0.1) is 0 Å². The minimum Gasteiger partial charge on any atom is -0.0588 e. The minimum atomic E-state index is 0.846. The normalized spacial score (nSPS) is 18.1. The van der Waals surface area contributed by atoms with Gasteiger partial charge in [0.1, 0.15) is 0 Å². The summed E-state index contributed by atoms with van der Waals surface area (Å²) in [6, 6.07) is 4.56. The van der Waals surface area contributed by atoms with Gasteiger partial charge in [-0.15, -0.1) is 0 Å². The van der Waals surface area contributed by atoms with Crippen molar-refractivity contribution in [3.8, 4) is 0 Å². The predicted octanol–water partition coefficient (Wildman–Crippen LogP) is 4.66. The van der Waals surface area contributed by atoms with Gasteiger partial charge in [-0.3, -0.25) is 0 Å². The van der Waals surface area contributed by atoms with Crippen LogP contribution in [0.2, 0.25) is 0 Å². The van der Waals surface area contributed by atoms with E-state index in [1.807, 2.05) is 0 Å². The number of hydrogen-bond acceptors (Lipinski definition) is 0. The van der Waals surface area contributed by atoms with Gasteiger partial charge in [0.15, 0.2) is 0 Å². The smallest absolute Gasteiger partial charge is 0.0157 e. The maximum absolute atomic E-state index is 2.30. The molecule has 0 unspecified atom stereocenters. The highest BCUT2D eigenvalue weighted by molar-refractivity contribution is 5.41. The molecule has 1 aromatic rings. The van der Waals surface area contributed by atoms with Gasteiger partial charge < -0.3 is 0 Å². The quantitative estimate of drug-likeness (QED) is 0.621. The van der Waals surface area contributed by atoms with Crippen LogP contribution in [0.4, 0.5) is 0 Å². The van der Waals surface area contributed by atoms with Gasteiger partial charge in [0, 0.05) is 0 Å². The molecule has 15 heavy (non-hydrogen) atoms. The molecule has 0 nitrogen and oxygen atoms in total. The molecule has 0 N–H and O–H groups in total. The predicted molar refractivity (Wildman–Crippen MR) is 66.5 cm³/mol. The standard InChI is InChI=1S/C15H22/c1-11-9-10-12(2)15(13(11)3)14-7-5-4-6-8-14/h9-10,14H,4-8H2,1-3H3. The van der Waals surface area contributed by atoms with Gasteiger partial charge >= 0.3 is 0 Å². The average molecular weight is 202 g/mol. The van der Waals surface area contributed by atoms with Crippen molar-refractivity contribution >= 4 is 0 Å². The summed E-state index contributed by atoms with van der Waals surface area (Å²) in [4.78, 5) is 0. The zero-order valence-corrected chi connectivity index (χ0v) is 10.3. The zero-order valence-electron chi connectivity index (χ0n) is 10.3. The molecule has 82 valence electrons. The van der Waals surface area contributed by atoms with Crippen molar-refractivity contribution in [2.24, 2.45) is 0 Å². The lowest BCUT2D eigenvalue weighted by molar-refractivity contribution is 0.441. The van der Waals surface area contributed by atoms with Crippen LogP contribution in [0.15, 0.2) is 12.1 Å². The Morgan fingerprint density at radius 2 is 1.47 bits per heavy atom.